The minimum absolute atomic E-state index is 0. The summed E-state index contributed by atoms with van der Waals surface area (Å²) in [5.41, 5.74) is 8.15. The largest absolute Gasteiger partial charge is 0.497 e. The van der Waals surface area contributed by atoms with E-state index in [4.69, 9.17) is 10.5 Å². The van der Waals surface area contributed by atoms with E-state index in [1.54, 1.807) is 19.1 Å². The minimum atomic E-state index is -0.523. The van der Waals surface area contributed by atoms with Gasteiger partial charge < -0.3 is 15.4 Å². The first-order valence-corrected chi connectivity index (χ1v) is 7.27. The van der Waals surface area contributed by atoms with E-state index in [-0.39, 0.29) is 18.3 Å². The number of hydrogen-bond acceptors (Lipinski definition) is 3. The summed E-state index contributed by atoms with van der Waals surface area (Å²) in [6, 6.07) is 17.0. The van der Waals surface area contributed by atoms with Crippen molar-refractivity contribution >= 4 is 18.3 Å². The van der Waals surface area contributed by atoms with E-state index in [1.165, 1.54) is 0 Å². The molecule has 1 amide bonds. The maximum atomic E-state index is 12.4. The van der Waals surface area contributed by atoms with E-state index in [2.05, 4.69) is 0 Å². The highest BCUT2D eigenvalue weighted by molar-refractivity contribution is 5.85. The van der Waals surface area contributed by atoms with Crippen molar-refractivity contribution in [3.05, 3.63) is 65.7 Å². The van der Waals surface area contributed by atoms with E-state index in [0.29, 0.717) is 13.0 Å². The Kier molecular flexibility index (Phi) is 7.59. The SMILES string of the molecule is COc1ccc(CN(C)C(=O)[C@@H](N)Cc2ccccc2)cc1.Cl. The van der Waals surface area contributed by atoms with Crippen molar-refractivity contribution in [3.8, 4) is 5.75 Å². The first-order chi connectivity index (χ1) is 10.6. The van der Waals surface area contributed by atoms with Gasteiger partial charge in [-0.2, -0.15) is 0 Å². The molecule has 0 aliphatic rings. The molecule has 0 aliphatic heterocycles. The second-order valence-electron chi connectivity index (χ2n) is 5.34. The molecule has 0 bridgehead atoms. The zero-order chi connectivity index (χ0) is 15.9. The van der Waals surface area contributed by atoms with Gasteiger partial charge in [-0.1, -0.05) is 42.5 Å². The number of carbonyl (C=O) groups excluding carboxylic acids is 1. The number of benzene rings is 2. The van der Waals surface area contributed by atoms with Crippen LogP contribution in [0.2, 0.25) is 0 Å². The van der Waals surface area contributed by atoms with Gasteiger partial charge in [-0.15, -0.1) is 12.4 Å². The predicted molar refractivity (Wildman–Crippen MR) is 94.8 cm³/mol. The highest BCUT2D eigenvalue weighted by Gasteiger charge is 2.18. The molecule has 23 heavy (non-hydrogen) atoms. The summed E-state index contributed by atoms with van der Waals surface area (Å²) in [4.78, 5) is 14.0. The summed E-state index contributed by atoms with van der Waals surface area (Å²) in [7, 11) is 3.41. The fourth-order valence-electron chi connectivity index (χ4n) is 2.32. The Bertz CT molecular complexity index is 602. The molecule has 2 aromatic rings. The third-order valence-electron chi connectivity index (χ3n) is 3.57. The molecule has 0 saturated carbocycles. The topological polar surface area (TPSA) is 55.6 Å². The maximum absolute atomic E-state index is 12.4. The maximum Gasteiger partial charge on any atom is 0.239 e. The van der Waals surface area contributed by atoms with E-state index in [9.17, 15) is 4.79 Å². The molecule has 0 aliphatic carbocycles. The Morgan fingerprint density at radius 3 is 2.26 bits per heavy atom. The van der Waals surface area contributed by atoms with Crippen LogP contribution in [-0.2, 0) is 17.8 Å². The van der Waals surface area contributed by atoms with Gasteiger partial charge in [-0.05, 0) is 29.7 Å². The lowest BCUT2D eigenvalue weighted by Crippen LogP contribution is -2.42. The molecule has 0 spiro atoms. The molecule has 0 radical (unpaired) electrons. The first-order valence-electron chi connectivity index (χ1n) is 7.27. The second kappa shape index (κ2) is 9.18. The van der Waals surface area contributed by atoms with Crippen molar-refractivity contribution in [2.75, 3.05) is 14.2 Å². The lowest BCUT2D eigenvalue weighted by Gasteiger charge is -2.21. The Balaban J connectivity index is 0.00000264. The smallest absolute Gasteiger partial charge is 0.239 e. The van der Waals surface area contributed by atoms with Crippen LogP contribution in [0.15, 0.2) is 54.6 Å². The fraction of sp³-hybridized carbons (Fsp3) is 0.278. The monoisotopic (exact) mass is 334 g/mol. The number of rotatable bonds is 6. The third-order valence-corrected chi connectivity index (χ3v) is 3.57. The quantitative estimate of drug-likeness (QED) is 0.883. The minimum Gasteiger partial charge on any atom is -0.497 e. The number of methoxy groups -OCH3 is 1. The van der Waals surface area contributed by atoms with Gasteiger partial charge in [0.25, 0.3) is 0 Å². The molecule has 0 heterocycles. The average molecular weight is 335 g/mol. The molecular weight excluding hydrogens is 312 g/mol. The number of amides is 1. The number of hydrogen-bond donors (Lipinski definition) is 1. The van der Waals surface area contributed by atoms with Crippen molar-refractivity contribution in [3.63, 3.8) is 0 Å². The molecule has 2 N–H and O–H groups in total. The van der Waals surface area contributed by atoms with Crippen LogP contribution in [0.4, 0.5) is 0 Å². The van der Waals surface area contributed by atoms with Crippen LogP contribution in [-0.4, -0.2) is 31.0 Å². The number of nitrogens with zero attached hydrogens (tertiary/aromatic N) is 1. The standard InChI is InChI=1S/C18H22N2O2.ClH/c1-20(13-15-8-10-16(22-2)11-9-15)18(21)17(19)12-14-6-4-3-5-7-14;/h3-11,17H,12-13,19H2,1-2H3;1H/t17-;/m0./s1. The van der Waals surface area contributed by atoms with Gasteiger partial charge in [-0.25, -0.2) is 0 Å². The highest BCUT2D eigenvalue weighted by atomic mass is 35.5. The summed E-state index contributed by atoms with van der Waals surface area (Å²) in [6.07, 6.45) is 0.548. The summed E-state index contributed by atoms with van der Waals surface area (Å²) in [5, 5.41) is 0. The Hall–Kier alpha value is -2.04. The van der Waals surface area contributed by atoms with Gasteiger partial charge >= 0.3 is 0 Å². The lowest BCUT2D eigenvalue weighted by atomic mass is 10.1. The molecule has 5 heteroatoms. The van der Waals surface area contributed by atoms with Gasteiger partial charge in [0.1, 0.15) is 5.75 Å². The third kappa shape index (κ3) is 5.58. The van der Waals surface area contributed by atoms with Crippen LogP contribution >= 0.6 is 12.4 Å². The Labute approximate surface area is 143 Å². The van der Waals surface area contributed by atoms with Gasteiger partial charge in [0.2, 0.25) is 5.91 Å². The van der Waals surface area contributed by atoms with E-state index >= 15 is 0 Å². The summed E-state index contributed by atoms with van der Waals surface area (Å²) < 4.78 is 5.13. The molecular formula is C18H23ClN2O2. The lowest BCUT2D eigenvalue weighted by molar-refractivity contribution is -0.131. The summed E-state index contributed by atoms with van der Waals surface area (Å²) >= 11 is 0. The highest BCUT2D eigenvalue weighted by Crippen LogP contribution is 2.13. The van der Waals surface area contributed by atoms with Crippen molar-refractivity contribution in [1.29, 1.82) is 0 Å². The van der Waals surface area contributed by atoms with Crippen LogP contribution in [0.25, 0.3) is 0 Å². The predicted octanol–water partition coefficient (Wildman–Crippen LogP) is 2.65. The summed E-state index contributed by atoms with van der Waals surface area (Å²) in [6.45, 7) is 0.533. The van der Waals surface area contributed by atoms with Gasteiger partial charge in [0.15, 0.2) is 0 Å². The number of likely N-dealkylation sites (N-methyl/N-ethyl adjacent to an activating group) is 1. The molecule has 0 fully saturated rings. The molecule has 0 saturated heterocycles. The van der Waals surface area contributed by atoms with Crippen LogP contribution in [0, 0.1) is 0 Å². The zero-order valence-corrected chi connectivity index (χ0v) is 14.3. The number of halogens is 1. The van der Waals surface area contributed by atoms with Crippen LogP contribution < -0.4 is 10.5 Å². The molecule has 124 valence electrons. The van der Waals surface area contributed by atoms with Crippen LogP contribution in [0.1, 0.15) is 11.1 Å². The van der Waals surface area contributed by atoms with Gasteiger partial charge in [-0.3, -0.25) is 4.79 Å². The van der Waals surface area contributed by atoms with Gasteiger partial charge in [0, 0.05) is 13.6 Å². The number of carbonyl (C=O) groups is 1. The van der Waals surface area contributed by atoms with Crippen molar-refractivity contribution in [2.45, 2.75) is 19.0 Å². The Morgan fingerprint density at radius 1 is 1.09 bits per heavy atom. The van der Waals surface area contributed by atoms with Crippen molar-refractivity contribution in [1.82, 2.24) is 4.90 Å². The number of ether oxygens (including phenoxy) is 1. The summed E-state index contributed by atoms with van der Waals surface area (Å²) in [5.74, 6) is 0.748. The molecule has 0 aromatic heterocycles. The normalized spacial score (nSPS) is 11.3. The second-order valence-corrected chi connectivity index (χ2v) is 5.34. The molecule has 1 atom stereocenters. The van der Waals surface area contributed by atoms with E-state index in [1.807, 2.05) is 54.6 Å². The van der Waals surface area contributed by atoms with E-state index < -0.39 is 6.04 Å². The van der Waals surface area contributed by atoms with Crippen molar-refractivity contribution in [2.24, 2.45) is 5.73 Å². The molecule has 2 aromatic carbocycles. The van der Waals surface area contributed by atoms with Crippen LogP contribution in [0.5, 0.6) is 5.75 Å². The molecule has 4 nitrogen and oxygen atoms in total. The van der Waals surface area contributed by atoms with Crippen LogP contribution in [0.3, 0.4) is 0 Å². The molecule has 0 unspecified atom stereocenters. The molecule has 2 rings (SSSR count). The fourth-order valence-corrected chi connectivity index (χ4v) is 2.32. The van der Waals surface area contributed by atoms with Gasteiger partial charge in [0.05, 0.1) is 13.2 Å². The average Bonchev–Trinajstić information content (AvgIpc) is 2.55. The van der Waals surface area contributed by atoms with Crippen molar-refractivity contribution < 1.29 is 9.53 Å². The Morgan fingerprint density at radius 2 is 1.70 bits per heavy atom. The number of nitrogens with two attached hydrogens (primary N) is 1. The zero-order valence-electron chi connectivity index (χ0n) is 13.4. The van der Waals surface area contributed by atoms with E-state index in [0.717, 1.165) is 16.9 Å². The first kappa shape index (κ1) is 19.0.